The lowest BCUT2D eigenvalue weighted by atomic mass is 10.0. The van der Waals surface area contributed by atoms with E-state index >= 15 is 0 Å². The Morgan fingerprint density at radius 3 is 2.88 bits per heavy atom. The fraction of sp³-hybridized carbons (Fsp3) is 0.909. The van der Waals surface area contributed by atoms with Crippen molar-refractivity contribution in [2.75, 3.05) is 44.4 Å². The molecule has 0 atom stereocenters. The van der Waals surface area contributed by atoms with Gasteiger partial charge in [-0.2, -0.15) is 11.8 Å². The number of aliphatic hydroxyl groups is 1. The van der Waals surface area contributed by atoms with Gasteiger partial charge in [0.2, 0.25) is 5.91 Å². The van der Waals surface area contributed by atoms with Crippen LogP contribution in [0, 0.1) is 0 Å². The average molecular weight is 262 g/mol. The zero-order valence-electron chi connectivity index (χ0n) is 10.3. The van der Waals surface area contributed by atoms with Crippen molar-refractivity contribution in [1.82, 2.24) is 10.6 Å². The third-order valence-electron chi connectivity index (χ3n) is 2.56. The zero-order chi connectivity index (χ0) is 12.6. The Labute approximate surface area is 107 Å². The lowest BCUT2D eigenvalue weighted by molar-refractivity contribution is -0.135. The lowest BCUT2D eigenvalue weighted by Gasteiger charge is -2.38. The molecule has 0 spiro atoms. The second-order valence-electron chi connectivity index (χ2n) is 4.38. The van der Waals surface area contributed by atoms with Gasteiger partial charge in [-0.3, -0.25) is 4.79 Å². The molecule has 17 heavy (non-hydrogen) atoms. The normalized spacial score (nSPS) is 17.5. The number of hydrogen-bond acceptors (Lipinski definition) is 5. The van der Waals surface area contributed by atoms with Crippen LogP contribution in [0.15, 0.2) is 0 Å². The molecule has 0 bridgehead atoms. The molecule has 1 heterocycles. The summed E-state index contributed by atoms with van der Waals surface area (Å²) in [6, 6.07) is 0. The Kier molecular flexibility index (Phi) is 6.87. The van der Waals surface area contributed by atoms with E-state index in [1.54, 1.807) is 11.8 Å². The summed E-state index contributed by atoms with van der Waals surface area (Å²) >= 11 is 1.73. The molecular weight excluding hydrogens is 240 g/mol. The second-order valence-corrected chi connectivity index (χ2v) is 5.61. The number of ether oxygens (including phenoxy) is 1. The van der Waals surface area contributed by atoms with E-state index in [1.807, 2.05) is 6.92 Å². The van der Waals surface area contributed by atoms with Crippen molar-refractivity contribution in [3.05, 3.63) is 0 Å². The fourth-order valence-electron chi connectivity index (χ4n) is 1.40. The van der Waals surface area contributed by atoms with Gasteiger partial charge in [-0.15, -0.1) is 0 Å². The molecule has 6 heteroatoms. The van der Waals surface area contributed by atoms with Crippen LogP contribution in [0.25, 0.3) is 0 Å². The smallest absolute Gasteiger partial charge is 0.246 e. The molecule has 100 valence electrons. The largest absolute Gasteiger partial charge is 0.396 e. The molecule has 1 aliphatic rings. The van der Waals surface area contributed by atoms with E-state index in [0.717, 1.165) is 31.0 Å². The molecule has 0 unspecified atom stereocenters. The Morgan fingerprint density at radius 2 is 2.29 bits per heavy atom. The van der Waals surface area contributed by atoms with Crippen molar-refractivity contribution in [3.8, 4) is 0 Å². The van der Waals surface area contributed by atoms with E-state index in [1.165, 1.54) is 0 Å². The van der Waals surface area contributed by atoms with Crippen LogP contribution >= 0.6 is 11.8 Å². The number of nitrogens with one attached hydrogen (secondary N) is 2. The first-order valence-corrected chi connectivity index (χ1v) is 7.12. The van der Waals surface area contributed by atoms with Gasteiger partial charge >= 0.3 is 0 Å². The standard InChI is InChI=1S/C11H22N2O3S/c1-11(8-12-9-11)16-7-10(15)13-3-6-17-5-2-4-14/h12,14H,2-9H2,1H3,(H,13,15). The number of rotatable bonds is 9. The molecule has 3 N–H and O–H groups in total. The first-order valence-electron chi connectivity index (χ1n) is 5.96. The molecule has 0 aromatic rings. The van der Waals surface area contributed by atoms with Gasteiger partial charge < -0.3 is 20.5 Å². The highest BCUT2D eigenvalue weighted by molar-refractivity contribution is 7.99. The fourth-order valence-corrected chi connectivity index (χ4v) is 2.18. The molecule has 1 rings (SSSR count). The van der Waals surface area contributed by atoms with Crippen molar-refractivity contribution < 1.29 is 14.6 Å². The third-order valence-corrected chi connectivity index (χ3v) is 3.64. The van der Waals surface area contributed by atoms with Gasteiger partial charge in [0, 0.05) is 32.0 Å². The van der Waals surface area contributed by atoms with Crippen LogP contribution in [0.1, 0.15) is 13.3 Å². The van der Waals surface area contributed by atoms with Crippen LogP contribution in [0.2, 0.25) is 0 Å². The minimum absolute atomic E-state index is 0.0547. The predicted molar refractivity (Wildman–Crippen MR) is 69.3 cm³/mol. The number of hydrogen-bond donors (Lipinski definition) is 3. The van der Waals surface area contributed by atoms with Gasteiger partial charge in [-0.1, -0.05) is 0 Å². The van der Waals surface area contributed by atoms with E-state index < -0.39 is 0 Å². The summed E-state index contributed by atoms with van der Waals surface area (Å²) in [7, 11) is 0. The van der Waals surface area contributed by atoms with Crippen LogP contribution in [0.3, 0.4) is 0 Å². The van der Waals surface area contributed by atoms with Crippen molar-refractivity contribution in [2.24, 2.45) is 0 Å². The summed E-state index contributed by atoms with van der Waals surface area (Å²) < 4.78 is 5.51. The number of carbonyl (C=O) groups is 1. The van der Waals surface area contributed by atoms with Crippen LogP contribution in [0.5, 0.6) is 0 Å². The van der Waals surface area contributed by atoms with Crippen LogP contribution in [0.4, 0.5) is 0 Å². The minimum atomic E-state index is -0.160. The summed E-state index contributed by atoms with van der Waals surface area (Å²) in [5.74, 6) is 1.76. The summed E-state index contributed by atoms with van der Waals surface area (Å²) in [5.41, 5.74) is -0.160. The minimum Gasteiger partial charge on any atom is -0.396 e. The van der Waals surface area contributed by atoms with E-state index in [-0.39, 0.29) is 24.7 Å². The molecule has 0 aromatic heterocycles. The van der Waals surface area contributed by atoms with Crippen molar-refractivity contribution >= 4 is 17.7 Å². The first-order chi connectivity index (χ1) is 8.16. The topological polar surface area (TPSA) is 70.6 Å². The van der Waals surface area contributed by atoms with E-state index in [4.69, 9.17) is 9.84 Å². The van der Waals surface area contributed by atoms with Crippen LogP contribution in [-0.4, -0.2) is 61.0 Å². The molecule has 1 fully saturated rings. The highest BCUT2D eigenvalue weighted by Crippen LogP contribution is 2.14. The summed E-state index contributed by atoms with van der Waals surface area (Å²) in [6.07, 6.45) is 0.813. The lowest BCUT2D eigenvalue weighted by Crippen LogP contribution is -2.59. The van der Waals surface area contributed by atoms with Crippen molar-refractivity contribution in [1.29, 1.82) is 0 Å². The molecule has 5 nitrogen and oxygen atoms in total. The monoisotopic (exact) mass is 262 g/mol. The predicted octanol–water partition coefficient (Wildman–Crippen LogP) is -0.403. The van der Waals surface area contributed by atoms with Crippen molar-refractivity contribution in [2.45, 2.75) is 18.9 Å². The summed E-state index contributed by atoms with van der Waals surface area (Å²) in [6.45, 7) is 4.67. The van der Waals surface area contributed by atoms with Gasteiger partial charge in [-0.25, -0.2) is 0 Å². The maximum atomic E-state index is 11.4. The first kappa shape index (κ1) is 14.8. The molecule has 0 radical (unpaired) electrons. The molecule has 1 amide bonds. The Hall–Kier alpha value is -0.300. The molecule has 1 aliphatic heterocycles. The molecule has 0 saturated carbocycles. The Morgan fingerprint density at radius 1 is 1.53 bits per heavy atom. The molecule has 0 aromatic carbocycles. The maximum absolute atomic E-state index is 11.4. The third kappa shape index (κ3) is 6.26. The Bertz CT molecular complexity index is 235. The van der Waals surface area contributed by atoms with Crippen LogP contribution < -0.4 is 10.6 Å². The zero-order valence-corrected chi connectivity index (χ0v) is 11.1. The SMILES string of the molecule is CC1(OCC(=O)NCCSCCCO)CNC1. The maximum Gasteiger partial charge on any atom is 0.246 e. The summed E-state index contributed by atoms with van der Waals surface area (Å²) in [5, 5.41) is 14.5. The van der Waals surface area contributed by atoms with Gasteiger partial charge in [0.05, 0.1) is 5.60 Å². The highest BCUT2D eigenvalue weighted by Gasteiger charge is 2.32. The number of aliphatic hydroxyl groups excluding tert-OH is 1. The Balaban J connectivity index is 1.90. The number of thioether (sulfide) groups is 1. The van der Waals surface area contributed by atoms with E-state index in [9.17, 15) is 4.79 Å². The highest BCUT2D eigenvalue weighted by atomic mass is 32.2. The van der Waals surface area contributed by atoms with Crippen LogP contribution in [-0.2, 0) is 9.53 Å². The molecular formula is C11H22N2O3S. The van der Waals surface area contributed by atoms with Crippen molar-refractivity contribution in [3.63, 3.8) is 0 Å². The van der Waals surface area contributed by atoms with E-state index in [0.29, 0.717) is 6.54 Å². The second kappa shape index (κ2) is 7.92. The average Bonchev–Trinajstić information content (AvgIpc) is 2.28. The van der Waals surface area contributed by atoms with Gasteiger partial charge in [-0.05, 0) is 19.1 Å². The quantitative estimate of drug-likeness (QED) is 0.493. The number of amides is 1. The van der Waals surface area contributed by atoms with Gasteiger partial charge in [0.1, 0.15) is 6.61 Å². The molecule has 0 aliphatic carbocycles. The number of carbonyl (C=O) groups excluding carboxylic acids is 1. The van der Waals surface area contributed by atoms with Gasteiger partial charge in [0.15, 0.2) is 0 Å². The molecule has 1 saturated heterocycles. The van der Waals surface area contributed by atoms with E-state index in [2.05, 4.69) is 10.6 Å². The van der Waals surface area contributed by atoms with Gasteiger partial charge in [0.25, 0.3) is 0 Å². The summed E-state index contributed by atoms with van der Waals surface area (Å²) in [4.78, 5) is 11.4.